The Hall–Kier alpha value is -1.20. The van der Waals surface area contributed by atoms with Crippen LogP contribution in [0.1, 0.15) is 38.3 Å². The lowest BCUT2D eigenvalue weighted by molar-refractivity contribution is 0.135. The molecule has 1 atom stereocenters. The molecule has 1 aromatic rings. The van der Waals surface area contributed by atoms with E-state index in [1.54, 1.807) is 6.20 Å². The van der Waals surface area contributed by atoms with E-state index in [0.717, 1.165) is 25.3 Å². The Morgan fingerprint density at radius 2 is 2.11 bits per heavy atom. The number of aliphatic hydroxyl groups is 1. The maximum Gasteiger partial charge on any atom is 0.222 e. The molecule has 2 N–H and O–H groups in total. The van der Waals surface area contributed by atoms with Crippen molar-refractivity contribution < 1.29 is 5.11 Å². The number of hydrogen-bond acceptors (Lipinski definition) is 5. The summed E-state index contributed by atoms with van der Waals surface area (Å²) in [5.74, 6) is 0.991. The van der Waals surface area contributed by atoms with Crippen molar-refractivity contribution in [2.75, 3.05) is 31.5 Å². The van der Waals surface area contributed by atoms with Crippen LogP contribution in [0, 0.1) is 0 Å². The Morgan fingerprint density at radius 1 is 1.37 bits per heavy atom. The molecule has 0 aromatic carbocycles. The Morgan fingerprint density at radius 3 is 2.79 bits per heavy atom. The van der Waals surface area contributed by atoms with Crippen molar-refractivity contribution in [1.82, 2.24) is 14.9 Å². The fraction of sp³-hybridized carbons (Fsp3) is 0.714. The number of nitrogens with zero attached hydrogens (tertiary/aromatic N) is 3. The first-order valence-electron chi connectivity index (χ1n) is 7.12. The second-order valence-corrected chi connectivity index (χ2v) is 5.50. The van der Waals surface area contributed by atoms with Crippen molar-refractivity contribution in [3.63, 3.8) is 0 Å². The first-order chi connectivity index (χ1) is 9.15. The number of aromatic nitrogens is 2. The number of aliphatic hydroxyl groups excluding tert-OH is 1. The zero-order chi connectivity index (χ0) is 13.7. The monoisotopic (exact) mass is 264 g/mol. The van der Waals surface area contributed by atoms with Gasteiger partial charge in [-0.2, -0.15) is 0 Å². The summed E-state index contributed by atoms with van der Waals surface area (Å²) >= 11 is 0. The topological polar surface area (TPSA) is 61.3 Å². The van der Waals surface area contributed by atoms with Gasteiger partial charge in [-0.1, -0.05) is 13.8 Å². The normalized spacial score (nSPS) is 17.9. The number of rotatable bonds is 6. The second kappa shape index (κ2) is 6.82. The van der Waals surface area contributed by atoms with Gasteiger partial charge in [-0.05, 0) is 37.9 Å². The minimum Gasteiger partial charge on any atom is -0.390 e. The molecule has 1 saturated heterocycles. The highest BCUT2D eigenvalue weighted by Gasteiger charge is 2.15. The van der Waals surface area contributed by atoms with Crippen molar-refractivity contribution >= 4 is 5.95 Å². The average Bonchev–Trinajstić information content (AvgIpc) is 2.89. The van der Waals surface area contributed by atoms with E-state index in [0.29, 0.717) is 18.4 Å². The van der Waals surface area contributed by atoms with Crippen molar-refractivity contribution in [2.24, 2.45) is 0 Å². The molecule has 2 rings (SSSR count). The number of nitrogens with one attached hydrogen (secondary N) is 1. The lowest BCUT2D eigenvalue weighted by Gasteiger charge is -2.19. The number of likely N-dealkylation sites (tertiary alicyclic amines) is 1. The van der Waals surface area contributed by atoms with E-state index >= 15 is 0 Å². The van der Waals surface area contributed by atoms with E-state index in [-0.39, 0.29) is 6.10 Å². The largest absolute Gasteiger partial charge is 0.390 e. The van der Waals surface area contributed by atoms with Gasteiger partial charge < -0.3 is 15.3 Å². The Balaban J connectivity index is 1.79. The summed E-state index contributed by atoms with van der Waals surface area (Å²) in [5.41, 5.74) is 1.02. The number of β-amino-alcohol motifs (C(OH)–C–C–N with tert-alkyl or cyclic N) is 1. The first kappa shape index (κ1) is 14.2. The molecular weight excluding hydrogens is 240 g/mol. The quantitative estimate of drug-likeness (QED) is 0.814. The second-order valence-electron chi connectivity index (χ2n) is 5.50. The van der Waals surface area contributed by atoms with Crippen LogP contribution in [0.4, 0.5) is 5.95 Å². The Labute approximate surface area is 115 Å². The van der Waals surface area contributed by atoms with Gasteiger partial charge in [-0.25, -0.2) is 9.97 Å². The molecule has 1 aromatic heterocycles. The maximum atomic E-state index is 9.99. The molecule has 0 aliphatic carbocycles. The summed E-state index contributed by atoms with van der Waals surface area (Å²) in [6.45, 7) is 7.66. The van der Waals surface area contributed by atoms with Crippen LogP contribution in [-0.2, 0) is 0 Å². The molecule has 19 heavy (non-hydrogen) atoms. The predicted molar refractivity (Wildman–Crippen MR) is 76.3 cm³/mol. The molecule has 5 nitrogen and oxygen atoms in total. The molecule has 2 heterocycles. The van der Waals surface area contributed by atoms with Crippen molar-refractivity contribution in [1.29, 1.82) is 0 Å². The highest BCUT2D eigenvalue weighted by atomic mass is 16.3. The van der Waals surface area contributed by atoms with Crippen LogP contribution in [-0.4, -0.2) is 52.3 Å². The lowest BCUT2D eigenvalue weighted by atomic mass is 10.1. The van der Waals surface area contributed by atoms with Crippen LogP contribution in [0.25, 0.3) is 0 Å². The van der Waals surface area contributed by atoms with Gasteiger partial charge in [0.25, 0.3) is 0 Å². The SMILES string of the molecule is CC(C)c1ccnc(NC[C@@H](O)CN2CCCC2)n1. The summed E-state index contributed by atoms with van der Waals surface area (Å²) in [6.07, 6.45) is 3.89. The van der Waals surface area contributed by atoms with E-state index in [1.807, 2.05) is 6.07 Å². The highest BCUT2D eigenvalue weighted by molar-refractivity contribution is 5.26. The van der Waals surface area contributed by atoms with Crippen LogP contribution in [0.3, 0.4) is 0 Å². The standard InChI is InChI=1S/C14H24N4O/c1-11(2)13-5-6-15-14(17-13)16-9-12(19)10-18-7-3-4-8-18/h5-6,11-12,19H,3-4,7-10H2,1-2H3,(H,15,16,17)/t12-/m1/s1. The van der Waals surface area contributed by atoms with Gasteiger partial charge in [0, 0.05) is 25.0 Å². The highest BCUT2D eigenvalue weighted by Crippen LogP contribution is 2.12. The molecule has 0 radical (unpaired) electrons. The third kappa shape index (κ3) is 4.44. The molecule has 1 fully saturated rings. The average molecular weight is 264 g/mol. The van der Waals surface area contributed by atoms with Crippen LogP contribution in [0.5, 0.6) is 0 Å². The lowest BCUT2D eigenvalue weighted by Crippen LogP contribution is -2.34. The minimum atomic E-state index is -0.371. The Bertz CT molecular complexity index is 391. The molecule has 106 valence electrons. The summed E-state index contributed by atoms with van der Waals surface area (Å²) < 4.78 is 0. The minimum absolute atomic E-state index is 0.371. The molecule has 5 heteroatoms. The fourth-order valence-electron chi connectivity index (χ4n) is 2.32. The van der Waals surface area contributed by atoms with Gasteiger partial charge in [0.2, 0.25) is 5.95 Å². The zero-order valence-electron chi connectivity index (χ0n) is 11.8. The number of hydrogen-bond donors (Lipinski definition) is 2. The maximum absolute atomic E-state index is 9.99. The van der Waals surface area contributed by atoms with E-state index in [9.17, 15) is 5.11 Å². The van der Waals surface area contributed by atoms with E-state index in [4.69, 9.17) is 0 Å². The van der Waals surface area contributed by atoms with Gasteiger partial charge in [0.1, 0.15) is 0 Å². The predicted octanol–water partition coefficient (Wildman–Crippen LogP) is 1.47. The summed E-state index contributed by atoms with van der Waals surface area (Å²) in [4.78, 5) is 10.9. The van der Waals surface area contributed by atoms with Crippen LogP contribution in [0.2, 0.25) is 0 Å². The van der Waals surface area contributed by atoms with Crippen molar-refractivity contribution in [3.05, 3.63) is 18.0 Å². The summed E-state index contributed by atoms with van der Waals surface area (Å²) in [6, 6.07) is 1.93. The van der Waals surface area contributed by atoms with Gasteiger partial charge >= 0.3 is 0 Å². The molecule has 0 amide bonds. The third-order valence-electron chi connectivity index (χ3n) is 3.43. The van der Waals surface area contributed by atoms with Gasteiger partial charge in [0.05, 0.1) is 6.10 Å². The van der Waals surface area contributed by atoms with Crippen LogP contribution >= 0.6 is 0 Å². The van der Waals surface area contributed by atoms with E-state index in [1.165, 1.54) is 12.8 Å². The van der Waals surface area contributed by atoms with Gasteiger partial charge in [-0.15, -0.1) is 0 Å². The molecular formula is C14H24N4O. The van der Waals surface area contributed by atoms with Crippen molar-refractivity contribution in [3.8, 4) is 0 Å². The van der Waals surface area contributed by atoms with Crippen LogP contribution < -0.4 is 5.32 Å². The molecule has 1 aliphatic rings. The fourth-order valence-corrected chi connectivity index (χ4v) is 2.32. The zero-order valence-corrected chi connectivity index (χ0v) is 11.8. The van der Waals surface area contributed by atoms with Crippen LogP contribution in [0.15, 0.2) is 12.3 Å². The summed E-state index contributed by atoms with van der Waals surface area (Å²) in [5, 5.41) is 13.1. The third-order valence-corrected chi connectivity index (χ3v) is 3.43. The Kier molecular flexibility index (Phi) is 5.10. The molecule has 0 saturated carbocycles. The molecule has 1 aliphatic heterocycles. The molecule has 0 spiro atoms. The smallest absolute Gasteiger partial charge is 0.222 e. The van der Waals surface area contributed by atoms with Gasteiger partial charge in [-0.3, -0.25) is 0 Å². The molecule has 0 bridgehead atoms. The van der Waals surface area contributed by atoms with Crippen molar-refractivity contribution in [2.45, 2.75) is 38.7 Å². The molecule has 0 unspecified atom stereocenters. The van der Waals surface area contributed by atoms with E-state index < -0.39 is 0 Å². The number of anilines is 1. The van der Waals surface area contributed by atoms with E-state index in [2.05, 4.69) is 34.0 Å². The van der Waals surface area contributed by atoms with Gasteiger partial charge in [0.15, 0.2) is 0 Å². The summed E-state index contributed by atoms with van der Waals surface area (Å²) in [7, 11) is 0. The first-order valence-corrected chi connectivity index (χ1v) is 7.12.